The summed E-state index contributed by atoms with van der Waals surface area (Å²) in [5, 5.41) is 14.3. The number of hydrogen-bond donors (Lipinski definition) is 1. The van der Waals surface area contributed by atoms with Gasteiger partial charge in [-0.1, -0.05) is 82.1 Å². The van der Waals surface area contributed by atoms with Crippen molar-refractivity contribution in [3.63, 3.8) is 0 Å². The molecule has 0 atom stereocenters. The number of hydrogen-bond acceptors (Lipinski definition) is 4. The molecule has 0 aliphatic carbocycles. The highest BCUT2D eigenvalue weighted by atomic mass is 16.1. The minimum Gasteiger partial charge on any atom is -0.299 e. The first-order chi connectivity index (χ1) is 16.1. The first-order valence-corrected chi connectivity index (χ1v) is 11.8. The number of benzene rings is 2. The van der Waals surface area contributed by atoms with Crippen molar-refractivity contribution >= 4 is 0 Å². The van der Waals surface area contributed by atoms with E-state index in [9.17, 15) is 4.79 Å². The first kappa shape index (κ1) is 22.7. The lowest BCUT2D eigenvalue weighted by molar-refractivity contribution is 0.569. The molecule has 4 aromatic rings. The number of H-pyrrole nitrogens is 1. The van der Waals surface area contributed by atoms with Gasteiger partial charge in [0.2, 0.25) is 0 Å². The molecule has 1 N–H and O–H groups in total. The number of aromatic nitrogens is 6. The van der Waals surface area contributed by atoms with Gasteiger partial charge in [-0.05, 0) is 45.9 Å². The molecule has 2 aromatic heterocycles. The van der Waals surface area contributed by atoms with Gasteiger partial charge in [0.25, 0.3) is 0 Å². The lowest BCUT2D eigenvalue weighted by Gasteiger charge is -2.11. The van der Waals surface area contributed by atoms with Gasteiger partial charge >= 0.3 is 5.69 Å². The maximum atomic E-state index is 13.1. The number of rotatable bonds is 10. The zero-order chi connectivity index (χ0) is 23.2. The van der Waals surface area contributed by atoms with E-state index in [1.807, 2.05) is 27.3 Å². The molecule has 2 aromatic carbocycles. The van der Waals surface area contributed by atoms with Crippen LogP contribution < -0.4 is 5.69 Å². The molecule has 0 amide bonds. The molecule has 0 aliphatic heterocycles. The summed E-state index contributed by atoms with van der Waals surface area (Å²) in [4.78, 5) is 13.1. The summed E-state index contributed by atoms with van der Waals surface area (Å²) in [5.41, 5.74) is 5.40. The Morgan fingerprint density at radius 2 is 1.76 bits per heavy atom. The number of aromatic amines is 1. The van der Waals surface area contributed by atoms with Crippen molar-refractivity contribution in [1.29, 1.82) is 0 Å². The summed E-state index contributed by atoms with van der Waals surface area (Å²) in [5.74, 6) is 1.13. The summed E-state index contributed by atoms with van der Waals surface area (Å²) in [6.07, 6.45) is 6.29. The van der Waals surface area contributed by atoms with Gasteiger partial charge in [-0.3, -0.25) is 9.13 Å². The third kappa shape index (κ3) is 5.30. The van der Waals surface area contributed by atoms with Crippen LogP contribution in [-0.2, 0) is 19.5 Å². The molecule has 7 heteroatoms. The van der Waals surface area contributed by atoms with Gasteiger partial charge in [-0.25, -0.2) is 9.89 Å². The minimum atomic E-state index is 0.0917. The highest BCUT2D eigenvalue weighted by molar-refractivity contribution is 5.80. The standard InChI is InChI=1S/C26H32N6O/c1-4-5-8-15-31-18-22(16-19(2)3)32(26(31)33)17-20-11-13-21(14-12-20)23-9-6-7-10-24(23)25-27-29-30-28-25/h6-7,9-14,18-19H,4-5,8,15-17H2,1-3H3,(H,27,28,29,30). The Kier molecular flexibility index (Phi) is 7.17. The van der Waals surface area contributed by atoms with Crippen molar-refractivity contribution in [1.82, 2.24) is 29.8 Å². The van der Waals surface area contributed by atoms with Gasteiger partial charge < -0.3 is 0 Å². The molecule has 172 valence electrons. The lowest BCUT2D eigenvalue weighted by Crippen LogP contribution is -2.26. The number of nitrogens with one attached hydrogen (secondary N) is 1. The van der Waals surface area contributed by atoms with Crippen LogP contribution in [0.3, 0.4) is 0 Å². The normalized spacial score (nSPS) is 11.4. The van der Waals surface area contributed by atoms with Crippen molar-refractivity contribution in [2.24, 2.45) is 5.92 Å². The van der Waals surface area contributed by atoms with Gasteiger partial charge in [-0.15, -0.1) is 5.10 Å². The highest BCUT2D eigenvalue weighted by Gasteiger charge is 2.14. The maximum absolute atomic E-state index is 13.1. The van der Waals surface area contributed by atoms with Crippen LogP contribution in [0.25, 0.3) is 22.5 Å². The molecular weight excluding hydrogens is 412 g/mol. The van der Waals surface area contributed by atoms with E-state index in [4.69, 9.17) is 0 Å². The molecule has 0 unspecified atom stereocenters. The monoisotopic (exact) mass is 444 g/mol. The Hall–Kier alpha value is -3.48. The molecule has 0 fully saturated rings. The molecule has 0 saturated heterocycles. The third-order valence-corrected chi connectivity index (χ3v) is 5.88. The number of unbranched alkanes of at least 4 members (excludes halogenated alkanes) is 2. The average molecular weight is 445 g/mol. The zero-order valence-corrected chi connectivity index (χ0v) is 19.7. The van der Waals surface area contributed by atoms with E-state index in [-0.39, 0.29) is 5.69 Å². The summed E-state index contributed by atoms with van der Waals surface area (Å²) in [6.45, 7) is 7.94. The smallest absolute Gasteiger partial charge is 0.299 e. The Labute approximate surface area is 194 Å². The highest BCUT2D eigenvalue weighted by Crippen LogP contribution is 2.29. The predicted molar refractivity (Wildman–Crippen MR) is 131 cm³/mol. The molecule has 4 rings (SSSR count). The molecule has 33 heavy (non-hydrogen) atoms. The minimum absolute atomic E-state index is 0.0917. The lowest BCUT2D eigenvalue weighted by atomic mass is 9.98. The summed E-state index contributed by atoms with van der Waals surface area (Å²) in [7, 11) is 0. The molecule has 0 saturated carbocycles. The fourth-order valence-corrected chi connectivity index (χ4v) is 4.21. The van der Waals surface area contributed by atoms with Crippen LogP contribution in [0.4, 0.5) is 0 Å². The SMILES string of the molecule is CCCCCn1cc(CC(C)C)n(Cc2ccc(-c3ccccc3-c3nnn[nH]3)cc2)c1=O. The summed E-state index contributed by atoms with van der Waals surface area (Å²) >= 11 is 0. The van der Waals surface area contributed by atoms with E-state index < -0.39 is 0 Å². The largest absolute Gasteiger partial charge is 0.328 e. The van der Waals surface area contributed by atoms with Crippen molar-refractivity contribution in [3.05, 3.63) is 76.5 Å². The molecular formula is C26H32N6O. The fourth-order valence-electron chi connectivity index (χ4n) is 4.21. The van der Waals surface area contributed by atoms with E-state index in [2.05, 4.69) is 77.9 Å². The van der Waals surface area contributed by atoms with Gasteiger partial charge in [0, 0.05) is 24.0 Å². The van der Waals surface area contributed by atoms with Crippen LogP contribution in [0.15, 0.2) is 59.5 Å². The van der Waals surface area contributed by atoms with Crippen LogP contribution in [0.5, 0.6) is 0 Å². The van der Waals surface area contributed by atoms with E-state index in [0.29, 0.717) is 18.3 Å². The third-order valence-electron chi connectivity index (χ3n) is 5.88. The number of tetrazole rings is 1. The second-order valence-corrected chi connectivity index (χ2v) is 8.98. The van der Waals surface area contributed by atoms with Crippen LogP contribution in [-0.4, -0.2) is 29.8 Å². The van der Waals surface area contributed by atoms with Crippen molar-refractivity contribution in [2.75, 3.05) is 0 Å². The summed E-state index contributed by atoms with van der Waals surface area (Å²) in [6, 6.07) is 16.5. The summed E-state index contributed by atoms with van der Waals surface area (Å²) < 4.78 is 3.83. The Balaban J connectivity index is 1.59. The average Bonchev–Trinajstić information content (AvgIpc) is 3.44. The van der Waals surface area contributed by atoms with Gasteiger partial charge in [-0.2, -0.15) is 0 Å². The van der Waals surface area contributed by atoms with Gasteiger partial charge in [0.05, 0.1) is 6.54 Å². The molecule has 0 spiro atoms. The number of nitrogens with zero attached hydrogens (tertiary/aromatic N) is 5. The van der Waals surface area contributed by atoms with Crippen LogP contribution >= 0.6 is 0 Å². The Bertz CT molecular complexity index is 1220. The number of aryl methyl sites for hydroxylation is 1. The van der Waals surface area contributed by atoms with Crippen LogP contribution in [0.2, 0.25) is 0 Å². The first-order valence-electron chi connectivity index (χ1n) is 11.8. The fraction of sp³-hybridized carbons (Fsp3) is 0.385. The molecule has 0 aliphatic rings. The van der Waals surface area contributed by atoms with E-state index >= 15 is 0 Å². The van der Waals surface area contributed by atoms with Gasteiger partial charge in [0.1, 0.15) is 0 Å². The van der Waals surface area contributed by atoms with Crippen molar-refractivity contribution in [3.8, 4) is 22.5 Å². The van der Waals surface area contributed by atoms with Crippen molar-refractivity contribution in [2.45, 2.75) is 59.5 Å². The topological polar surface area (TPSA) is 81.4 Å². The Morgan fingerprint density at radius 3 is 2.42 bits per heavy atom. The zero-order valence-electron chi connectivity index (χ0n) is 19.7. The van der Waals surface area contributed by atoms with Gasteiger partial charge in [0.15, 0.2) is 5.82 Å². The molecule has 7 nitrogen and oxygen atoms in total. The molecule has 2 heterocycles. The van der Waals surface area contributed by atoms with E-state index in [1.54, 1.807) is 0 Å². The van der Waals surface area contributed by atoms with Crippen LogP contribution in [0.1, 0.15) is 51.3 Å². The Morgan fingerprint density at radius 1 is 1.00 bits per heavy atom. The second kappa shape index (κ2) is 10.4. The van der Waals surface area contributed by atoms with E-state index in [0.717, 1.165) is 60.2 Å². The van der Waals surface area contributed by atoms with Crippen molar-refractivity contribution < 1.29 is 0 Å². The van der Waals surface area contributed by atoms with Crippen LogP contribution in [0, 0.1) is 5.92 Å². The number of imidazole rings is 1. The quantitative estimate of drug-likeness (QED) is 0.352. The second-order valence-electron chi connectivity index (χ2n) is 8.98. The molecule has 0 radical (unpaired) electrons. The predicted octanol–water partition coefficient (Wildman–Crippen LogP) is 4.93. The maximum Gasteiger partial charge on any atom is 0.328 e. The van der Waals surface area contributed by atoms with E-state index in [1.165, 1.54) is 0 Å². The molecule has 0 bridgehead atoms.